The number of piperazine rings is 1. The molecule has 2 aliphatic heterocycles. The Kier molecular flexibility index (Phi) is 8.86. The number of benzene rings is 3. The van der Waals surface area contributed by atoms with Crippen LogP contribution in [-0.2, 0) is 25.3 Å². The van der Waals surface area contributed by atoms with Gasteiger partial charge in [-0.15, -0.1) is 0 Å². The minimum absolute atomic E-state index is 0.113. The minimum Gasteiger partial charge on any atom is -0.454 e. The van der Waals surface area contributed by atoms with Crippen LogP contribution in [0.2, 0.25) is 0 Å². The zero-order valence-corrected chi connectivity index (χ0v) is 24.6. The van der Waals surface area contributed by atoms with Crippen LogP contribution in [0.15, 0.2) is 84.0 Å². The van der Waals surface area contributed by atoms with Crippen LogP contribution < -0.4 is 19.7 Å². The molecule has 1 N–H and O–H groups in total. The predicted octanol–water partition coefficient (Wildman–Crippen LogP) is 5.31. The van der Waals surface area contributed by atoms with Crippen LogP contribution in [0.4, 0.5) is 5.82 Å². The molecule has 1 saturated heterocycles. The Morgan fingerprint density at radius 2 is 1.67 bits per heavy atom. The number of nitrogens with one attached hydrogen (secondary N) is 1. The first-order valence-electron chi connectivity index (χ1n) is 14.4. The van der Waals surface area contributed by atoms with Gasteiger partial charge in [0.05, 0.1) is 0 Å². The Bertz CT molecular complexity index is 1530. The van der Waals surface area contributed by atoms with Gasteiger partial charge in [-0.25, -0.2) is 9.97 Å². The summed E-state index contributed by atoms with van der Waals surface area (Å²) in [6.45, 7) is 7.66. The quantitative estimate of drug-likeness (QED) is 0.199. The number of aryl methyl sites for hydroxylation is 1. The van der Waals surface area contributed by atoms with E-state index in [2.05, 4.69) is 58.4 Å². The lowest BCUT2D eigenvalue weighted by atomic mass is 10.1. The molecule has 6 rings (SSSR count). The predicted molar refractivity (Wildman–Crippen MR) is 165 cm³/mol. The molecule has 1 aromatic heterocycles. The summed E-state index contributed by atoms with van der Waals surface area (Å²) in [5.41, 5.74) is 5.04. The molecule has 0 bridgehead atoms. The molecule has 0 aliphatic carbocycles. The van der Waals surface area contributed by atoms with Gasteiger partial charge in [0, 0.05) is 62.3 Å². The lowest BCUT2D eigenvalue weighted by molar-refractivity contribution is 0.0950. The Morgan fingerprint density at radius 1 is 0.857 bits per heavy atom. The molecule has 216 valence electrons. The molecule has 1 amide bonds. The fraction of sp³-hybridized carbons (Fsp3) is 0.303. The van der Waals surface area contributed by atoms with E-state index in [-0.39, 0.29) is 12.7 Å². The second-order valence-electron chi connectivity index (χ2n) is 10.5. The van der Waals surface area contributed by atoms with Crippen LogP contribution in [0, 0.1) is 0 Å². The van der Waals surface area contributed by atoms with Gasteiger partial charge >= 0.3 is 0 Å². The highest BCUT2D eigenvalue weighted by Crippen LogP contribution is 2.32. The number of aromatic nitrogens is 2. The van der Waals surface area contributed by atoms with Gasteiger partial charge in [-0.2, -0.15) is 0 Å². The van der Waals surface area contributed by atoms with Crippen molar-refractivity contribution in [1.29, 1.82) is 0 Å². The van der Waals surface area contributed by atoms with Crippen LogP contribution in [-0.4, -0.2) is 53.7 Å². The van der Waals surface area contributed by atoms with Crippen molar-refractivity contribution >= 4 is 23.5 Å². The topological polar surface area (TPSA) is 79.8 Å². The molecule has 0 saturated carbocycles. The van der Waals surface area contributed by atoms with E-state index in [0.717, 1.165) is 72.7 Å². The van der Waals surface area contributed by atoms with Crippen LogP contribution in [0.3, 0.4) is 0 Å². The number of hydrogen-bond donors (Lipinski definition) is 1. The number of nitrogens with zero attached hydrogens (tertiary/aromatic N) is 4. The highest BCUT2D eigenvalue weighted by molar-refractivity contribution is 7.98. The number of thioether (sulfide) groups is 1. The van der Waals surface area contributed by atoms with Gasteiger partial charge < -0.3 is 19.7 Å². The number of carbonyl (C=O) groups excluding carboxylic acids is 1. The molecule has 4 aromatic rings. The van der Waals surface area contributed by atoms with Gasteiger partial charge in [0.2, 0.25) is 6.79 Å². The smallest absolute Gasteiger partial charge is 0.251 e. The van der Waals surface area contributed by atoms with E-state index in [9.17, 15) is 4.79 Å². The molecule has 9 heteroatoms. The first-order chi connectivity index (χ1) is 20.6. The number of hydrogen-bond acceptors (Lipinski definition) is 8. The normalized spacial score (nSPS) is 14.6. The van der Waals surface area contributed by atoms with Crippen molar-refractivity contribution < 1.29 is 14.3 Å². The molecule has 0 spiro atoms. The van der Waals surface area contributed by atoms with Crippen molar-refractivity contribution in [3.05, 3.63) is 107 Å². The van der Waals surface area contributed by atoms with Crippen molar-refractivity contribution in [1.82, 2.24) is 20.2 Å². The summed E-state index contributed by atoms with van der Waals surface area (Å²) in [7, 11) is 0. The molecule has 8 nitrogen and oxygen atoms in total. The highest BCUT2D eigenvalue weighted by atomic mass is 32.2. The Morgan fingerprint density at radius 3 is 2.50 bits per heavy atom. The van der Waals surface area contributed by atoms with Crippen LogP contribution >= 0.6 is 11.8 Å². The van der Waals surface area contributed by atoms with E-state index < -0.39 is 0 Å². The SMILES string of the molecule is CCc1cc(N2CCN(Cc3ccccc3)CC2)nc(SCc2cccc(C(=O)NCc3ccc4c(c3)OCO4)c2)n1. The highest BCUT2D eigenvalue weighted by Gasteiger charge is 2.20. The van der Waals surface area contributed by atoms with E-state index >= 15 is 0 Å². The molecular weight excluding hydrogens is 546 g/mol. The van der Waals surface area contributed by atoms with Crippen molar-refractivity contribution in [3.63, 3.8) is 0 Å². The number of ether oxygens (including phenoxy) is 2. The summed E-state index contributed by atoms with van der Waals surface area (Å²) in [5, 5.41) is 3.78. The average Bonchev–Trinajstić information content (AvgIpc) is 3.51. The molecule has 3 aromatic carbocycles. The van der Waals surface area contributed by atoms with Crippen LogP contribution in [0.5, 0.6) is 11.5 Å². The van der Waals surface area contributed by atoms with E-state index in [1.54, 1.807) is 11.8 Å². The molecule has 0 unspecified atom stereocenters. The fourth-order valence-electron chi connectivity index (χ4n) is 5.13. The summed E-state index contributed by atoms with van der Waals surface area (Å²) in [5.74, 6) is 3.01. The van der Waals surface area contributed by atoms with Gasteiger partial charge in [0.1, 0.15) is 5.82 Å². The van der Waals surface area contributed by atoms with E-state index in [1.165, 1.54) is 5.56 Å². The second kappa shape index (κ2) is 13.3. The van der Waals surface area contributed by atoms with Crippen molar-refractivity contribution in [2.24, 2.45) is 0 Å². The lowest BCUT2D eigenvalue weighted by Crippen LogP contribution is -2.46. The van der Waals surface area contributed by atoms with E-state index in [4.69, 9.17) is 19.4 Å². The van der Waals surface area contributed by atoms with Gasteiger partial charge in [-0.3, -0.25) is 9.69 Å². The molecule has 42 heavy (non-hydrogen) atoms. The Hall–Kier alpha value is -4.08. The number of fused-ring (bicyclic) bond motifs is 1. The first-order valence-corrected chi connectivity index (χ1v) is 15.4. The maximum absolute atomic E-state index is 12.9. The van der Waals surface area contributed by atoms with Crippen LogP contribution in [0.25, 0.3) is 0 Å². The molecular formula is C33H35N5O3S. The molecule has 3 heterocycles. The monoisotopic (exact) mass is 581 g/mol. The van der Waals surface area contributed by atoms with E-state index in [0.29, 0.717) is 23.6 Å². The Balaban J connectivity index is 1.04. The summed E-state index contributed by atoms with van der Waals surface area (Å²) in [6.07, 6.45) is 0.857. The van der Waals surface area contributed by atoms with Gasteiger partial charge in [-0.1, -0.05) is 67.2 Å². The average molecular weight is 582 g/mol. The maximum Gasteiger partial charge on any atom is 0.251 e. The summed E-state index contributed by atoms with van der Waals surface area (Å²) >= 11 is 1.61. The molecule has 1 fully saturated rings. The molecule has 2 aliphatic rings. The minimum atomic E-state index is -0.113. The summed E-state index contributed by atoms with van der Waals surface area (Å²) in [4.78, 5) is 27.5. The zero-order valence-electron chi connectivity index (χ0n) is 23.8. The number of carbonyl (C=O) groups is 1. The summed E-state index contributed by atoms with van der Waals surface area (Å²) < 4.78 is 10.8. The van der Waals surface area contributed by atoms with Gasteiger partial charge in [-0.05, 0) is 47.4 Å². The number of anilines is 1. The molecule has 0 atom stereocenters. The molecule has 0 radical (unpaired) electrons. The third-order valence-corrected chi connectivity index (χ3v) is 8.42. The second-order valence-corrected chi connectivity index (χ2v) is 11.4. The summed E-state index contributed by atoms with van der Waals surface area (Å²) in [6, 6.07) is 26.2. The van der Waals surface area contributed by atoms with Gasteiger partial charge in [0.25, 0.3) is 5.91 Å². The van der Waals surface area contributed by atoms with Crippen LogP contribution in [0.1, 0.15) is 39.7 Å². The third kappa shape index (κ3) is 7.03. The standard InChI is InChI=1S/C33H35N5O3S/c1-2-28-19-31(38-15-13-37(14-16-38)21-24-7-4-3-5-8-24)36-33(35-28)42-22-26-9-6-10-27(17-26)32(39)34-20-25-11-12-29-30(18-25)41-23-40-29/h3-12,17-19H,2,13-16,20-23H2,1H3,(H,34,39). The largest absolute Gasteiger partial charge is 0.454 e. The Labute approximate surface area is 251 Å². The number of rotatable bonds is 10. The van der Waals surface area contributed by atoms with Crippen molar-refractivity contribution in [2.75, 3.05) is 37.9 Å². The van der Waals surface area contributed by atoms with Crippen molar-refractivity contribution in [3.8, 4) is 11.5 Å². The number of amides is 1. The lowest BCUT2D eigenvalue weighted by Gasteiger charge is -2.35. The third-order valence-electron chi connectivity index (χ3n) is 7.50. The first kappa shape index (κ1) is 28.1. The van der Waals surface area contributed by atoms with Crippen molar-refractivity contribution in [2.45, 2.75) is 37.3 Å². The van der Waals surface area contributed by atoms with E-state index in [1.807, 2.05) is 42.5 Å². The fourth-order valence-corrected chi connectivity index (χ4v) is 5.94. The maximum atomic E-state index is 12.9. The van der Waals surface area contributed by atoms with Gasteiger partial charge in [0.15, 0.2) is 16.7 Å². The zero-order chi connectivity index (χ0) is 28.7.